The van der Waals surface area contributed by atoms with Crippen LogP contribution in [0.1, 0.15) is 30.1 Å². The molecule has 0 saturated carbocycles. The molecule has 0 radical (unpaired) electrons. The number of rotatable bonds is 4. The molecule has 0 aliphatic carbocycles. The summed E-state index contributed by atoms with van der Waals surface area (Å²) in [6.07, 6.45) is 8.78. The highest BCUT2D eigenvalue weighted by Crippen LogP contribution is 2.16. The summed E-state index contributed by atoms with van der Waals surface area (Å²) >= 11 is 0. The van der Waals surface area contributed by atoms with Crippen LogP contribution in [0.5, 0.6) is 0 Å². The monoisotopic (exact) mass is 252 g/mol. The minimum absolute atomic E-state index is 0.144. The Morgan fingerprint density at radius 3 is 2.95 bits per heavy atom. The predicted octanol–water partition coefficient (Wildman–Crippen LogP) is 2.77. The van der Waals surface area contributed by atoms with E-state index >= 15 is 0 Å². The third kappa shape index (κ3) is 2.92. The van der Waals surface area contributed by atoms with Crippen LogP contribution in [0.25, 0.3) is 10.9 Å². The molecule has 2 aromatic rings. The van der Waals surface area contributed by atoms with Gasteiger partial charge in [0.1, 0.15) is 0 Å². The van der Waals surface area contributed by atoms with E-state index in [2.05, 4.69) is 16.2 Å². The first-order valence-electron chi connectivity index (χ1n) is 6.37. The van der Waals surface area contributed by atoms with Gasteiger partial charge in [0, 0.05) is 11.6 Å². The number of amides is 1. The van der Waals surface area contributed by atoms with E-state index in [-0.39, 0.29) is 11.9 Å². The number of carbonyl (C=O) groups is 1. The summed E-state index contributed by atoms with van der Waals surface area (Å²) in [6, 6.07) is 9.07. The summed E-state index contributed by atoms with van der Waals surface area (Å²) in [5.41, 5.74) is 1.42. The second kappa shape index (κ2) is 6.01. The zero-order chi connectivity index (χ0) is 13.7. The van der Waals surface area contributed by atoms with E-state index in [4.69, 9.17) is 6.42 Å². The Bertz CT molecular complexity index is 623. The number of terminal acetylenes is 1. The average molecular weight is 252 g/mol. The molecule has 1 N–H and O–H groups in total. The molecule has 1 heterocycles. The van der Waals surface area contributed by atoms with Crippen LogP contribution in [0.2, 0.25) is 0 Å². The SMILES string of the molecule is C#CC(CCC)NC(=O)c1ccnc2ccccc12. The smallest absolute Gasteiger partial charge is 0.252 e. The molecular formula is C16H16N2O. The van der Waals surface area contributed by atoms with E-state index in [1.807, 2.05) is 31.2 Å². The van der Waals surface area contributed by atoms with E-state index in [0.717, 1.165) is 23.7 Å². The van der Waals surface area contributed by atoms with E-state index in [1.165, 1.54) is 0 Å². The predicted molar refractivity (Wildman–Crippen MR) is 76.7 cm³/mol. The Morgan fingerprint density at radius 2 is 2.21 bits per heavy atom. The van der Waals surface area contributed by atoms with Crippen molar-refractivity contribution < 1.29 is 4.79 Å². The van der Waals surface area contributed by atoms with Crippen molar-refractivity contribution in [1.29, 1.82) is 0 Å². The molecule has 0 aliphatic heterocycles. The number of nitrogens with zero attached hydrogens (tertiary/aromatic N) is 1. The van der Waals surface area contributed by atoms with Crippen LogP contribution in [0, 0.1) is 12.3 Å². The van der Waals surface area contributed by atoms with Gasteiger partial charge in [-0.15, -0.1) is 6.42 Å². The molecular weight excluding hydrogens is 236 g/mol. The van der Waals surface area contributed by atoms with Crippen molar-refractivity contribution in [3.63, 3.8) is 0 Å². The first-order chi connectivity index (χ1) is 9.26. The maximum atomic E-state index is 12.3. The lowest BCUT2D eigenvalue weighted by atomic mass is 10.1. The molecule has 1 aromatic heterocycles. The van der Waals surface area contributed by atoms with Crippen molar-refractivity contribution in [3.05, 3.63) is 42.1 Å². The van der Waals surface area contributed by atoms with Crippen molar-refractivity contribution in [2.75, 3.05) is 0 Å². The van der Waals surface area contributed by atoms with Gasteiger partial charge in [0.05, 0.1) is 17.1 Å². The zero-order valence-corrected chi connectivity index (χ0v) is 10.9. The maximum Gasteiger partial charge on any atom is 0.252 e. The number of pyridine rings is 1. The quantitative estimate of drug-likeness (QED) is 0.850. The molecule has 1 atom stereocenters. The summed E-state index contributed by atoms with van der Waals surface area (Å²) in [5, 5.41) is 3.72. The summed E-state index contributed by atoms with van der Waals surface area (Å²) < 4.78 is 0. The van der Waals surface area contributed by atoms with Crippen LogP contribution in [-0.4, -0.2) is 16.9 Å². The Balaban J connectivity index is 2.29. The van der Waals surface area contributed by atoms with Crippen molar-refractivity contribution in [2.24, 2.45) is 0 Å². The number of hydrogen-bond acceptors (Lipinski definition) is 2. The molecule has 1 aromatic carbocycles. The minimum atomic E-state index is -0.218. The van der Waals surface area contributed by atoms with Gasteiger partial charge in [-0.25, -0.2) is 0 Å². The molecule has 1 amide bonds. The first kappa shape index (κ1) is 13.1. The third-order valence-corrected chi connectivity index (χ3v) is 2.98. The number of benzene rings is 1. The van der Waals surface area contributed by atoms with Crippen LogP contribution in [0.3, 0.4) is 0 Å². The molecule has 0 aliphatic rings. The fourth-order valence-corrected chi connectivity index (χ4v) is 2.02. The lowest BCUT2D eigenvalue weighted by Crippen LogP contribution is -2.33. The number of hydrogen-bond donors (Lipinski definition) is 1. The highest BCUT2D eigenvalue weighted by atomic mass is 16.1. The number of para-hydroxylation sites is 1. The van der Waals surface area contributed by atoms with Gasteiger partial charge in [0.15, 0.2) is 0 Å². The van der Waals surface area contributed by atoms with Gasteiger partial charge in [0.25, 0.3) is 5.91 Å². The Kier molecular flexibility index (Phi) is 4.15. The standard InChI is InChI=1S/C16H16N2O/c1-3-7-12(4-2)18-16(19)14-10-11-17-15-9-6-5-8-13(14)15/h2,5-6,8-12H,3,7H2,1H3,(H,18,19). The van der Waals surface area contributed by atoms with Gasteiger partial charge in [-0.3, -0.25) is 9.78 Å². The molecule has 1 unspecified atom stereocenters. The topological polar surface area (TPSA) is 42.0 Å². The van der Waals surface area contributed by atoms with E-state index < -0.39 is 0 Å². The lowest BCUT2D eigenvalue weighted by molar-refractivity contribution is 0.0946. The summed E-state index contributed by atoms with van der Waals surface area (Å²) in [6.45, 7) is 2.04. The fraction of sp³-hybridized carbons (Fsp3) is 0.250. The zero-order valence-electron chi connectivity index (χ0n) is 10.9. The molecule has 3 nitrogen and oxygen atoms in total. The second-order valence-electron chi connectivity index (χ2n) is 4.36. The van der Waals surface area contributed by atoms with Crippen LogP contribution in [-0.2, 0) is 0 Å². The van der Waals surface area contributed by atoms with Crippen LogP contribution < -0.4 is 5.32 Å². The molecule has 2 rings (SSSR count). The maximum absolute atomic E-state index is 12.3. The van der Waals surface area contributed by atoms with Crippen molar-refractivity contribution in [2.45, 2.75) is 25.8 Å². The molecule has 3 heteroatoms. The van der Waals surface area contributed by atoms with E-state index in [1.54, 1.807) is 12.3 Å². The Labute approximate surface area is 113 Å². The van der Waals surface area contributed by atoms with Gasteiger partial charge in [0.2, 0.25) is 0 Å². The summed E-state index contributed by atoms with van der Waals surface area (Å²) in [4.78, 5) is 16.5. The van der Waals surface area contributed by atoms with Gasteiger partial charge in [-0.2, -0.15) is 0 Å². The Morgan fingerprint density at radius 1 is 1.42 bits per heavy atom. The van der Waals surface area contributed by atoms with Crippen molar-refractivity contribution in [1.82, 2.24) is 10.3 Å². The number of fused-ring (bicyclic) bond motifs is 1. The minimum Gasteiger partial charge on any atom is -0.338 e. The third-order valence-electron chi connectivity index (χ3n) is 2.98. The van der Waals surface area contributed by atoms with Gasteiger partial charge >= 0.3 is 0 Å². The van der Waals surface area contributed by atoms with Crippen LogP contribution in [0.15, 0.2) is 36.5 Å². The normalized spacial score (nSPS) is 11.8. The molecule has 96 valence electrons. The highest BCUT2D eigenvalue weighted by Gasteiger charge is 2.13. The van der Waals surface area contributed by atoms with Crippen molar-refractivity contribution >= 4 is 16.8 Å². The van der Waals surface area contributed by atoms with Gasteiger partial charge in [-0.05, 0) is 18.6 Å². The average Bonchev–Trinajstić information content (AvgIpc) is 2.46. The summed E-state index contributed by atoms with van der Waals surface area (Å²) in [5.74, 6) is 2.46. The lowest BCUT2D eigenvalue weighted by Gasteiger charge is -2.13. The largest absolute Gasteiger partial charge is 0.338 e. The number of nitrogens with one attached hydrogen (secondary N) is 1. The first-order valence-corrected chi connectivity index (χ1v) is 6.37. The Hall–Kier alpha value is -2.34. The van der Waals surface area contributed by atoms with Gasteiger partial charge < -0.3 is 5.32 Å². The van der Waals surface area contributed by atoms with Crippen molar-refractivity contribution in [3.8, 4) is 12.3 Å². The fourth-order valence-electron chi connectivity index (χ4n) is 2.02. The molecule has 0 fully saturated rings. The second-order valence-corrected chi connectivity index (χ2v) is 4.36. The molecule has 0 saturated heterocycles. The van der Waals surface area contributed by atoms with E-state index in [0.29, 0.717) is 5.56 Å². The van der Waals surface area contributed by atoms with Crippen LogP contribution in [0.4, 0.5) is 0 Å². The number of carbonyl (C=O) groups excluding carboxylic acids is 1. The van der Waals surface area contributed by atoms with Crippen LogP contribution >= 0.6 is 0 Å². The van der Waals surface area contributed by atoms with Gasteiger partial charge in [-0.1, -0.05) is 37.5 Å². The molecule has 19 heavy (non-hydrogen) atoms. The summed E-state index contributed by atoms with van der Waals surface area (Å²) in [7, 11) is 0. The molecule has 0 bridgehead atoms. The van der Waals surface area contributed by atoms with E-state index in [9.17, 15) is 4.79 Å². The number of aromatic nitrogens is 1. The highest BCUT2D eigenvalue weighted by molar-refractivity contribution is 6.06. The molecule has 0 spiro atoms.